The van der Waals surface area contributed by atoms with Crippen LogP contribution in [-0.4, -0.2) is 33.2 Å². The summed E-state index contributed by atoms with van der Waals surface area (Å²) in [6, 6.07) is 16.5. The summed E-state index contributed by atoms with van der Waals surface area (Å²) >= 11 is 0. The second-order valence-electron chi connectivity index (χ2n) is 6.28. The van der Waals surface area contributed by atoms with Crippen LogP contribution in [0.1, 0.15) is 24.0 Å². The first-order valence-corrected chi connectivity index (χ1v) is 8.88. The molecule has 2 aromatic rings. The number of rotatable bonds is 11. The average Bonchev–Trinajstić information content (AvgIpc) is 3.47. The summed E-state index contributed by atoms with van der Waals surface area (Å²) in [6.45, 7) is 1.77. The molecular formula is C21H26O4. The van der Waals surface area contributed by atoms with E-state index in [0.717, 1.165) is 43.8 Å². The normalized spacial score (nSPS) is 15.8. The molecule has 4 nitrogen and oxygen atoms in total. The summed E-state index contributed by atoms with van der Waals surface area (Å²) in [5.41, 5.74) is 2.57. The third kappa shape index (κ3) is 6.07. The summed E-state index contributed by atoms with van der Waals surface area (Å²) in [7, 11) is 1.63. The van der Waals surface area contributed by atoms with Crippen LogP contribution in [0.5, 0.6) is 11.5 Å². The minimum atomic E-state index is 0.284. The van der Waals surface area contributed by atoms with Gasteiger partial charge in [0.1, 0.15) is 24.2 Å². The van der Waals surface area contributed by atoms with Gasteiger partial charge in [0.2, 0.25) is 0 Å². The molecular weight excluding hydrogens is 316 g/mol. The van der Waals surface area contributed by atoms with Gasteiger partial charge in [0.15, 0.2) is 6.79 Å². The van der Waals surface area contributed by atoms with Crippen molar-refractivity contribution in [3.8, 4) is 11.5 Å². The molecule has 0 aliphatic carbocycles. The minimum Gasteiger partial charge on any atom is -0.491 e. The molecule has 0 radical (unpaired) electrons. The fraction of sp³-hybridized carbons (Fsp3) is 0.429. The second-order valence-corrected chi connectivity index (χ2v) is 6.28. The minimum absolute atomic E-state index is 0.284. The maximum Gasteiger partial charge on any atom is 0.188 e. The van der Waals surface area contributed by atoms with Crippen molar-refractivity contribution in [2.75, 3.05) is 27.1 Å². The molecule has 0 bridgehead atoms. The maximum absolute atomic E-state index is 5.88. The third-order valence-corrected chi connectivity index (χ3v) is 4.20. The summed E-state index contributed by atoms with van der Waals surface area (Å²) in [6.07, 6.45) is 4.63. The van der Waals surface area contributed by atoms with Gasteiger partial charge < -0.3 is 18.9 Å². The number of para-hydroxylation sites is 1. The summed E-state index contributed by atoms with van der Waals surface area (Å²) < 4.78 is 21.5. The summed E-state index contributed by atoms with van der Waals surface area (Å²) in [5, 5.41) is 0. The van der Waals surface area contributed by atoms with E-state index in [1.165, 1.54) is 11.1 Å². The SMILES string of the molecule is COCOc1cccc(CCCCc2ccccc2OCC2CO2)c1. The topological polar surface area (TPSA) is 40.2 Å². The number of benzene rings is 2. The Morgan fingerprint density at radius 3 is 2.68 bits per heavy atom. The molecule has 1 atom stereocenters. The molecule has 2 aromatic carbocycles. The Morgan fingerprint density at radius 1 is 1.00 bits per heavy atom. The number of hydrogen-bond acceptors (Lipinski definition) is 4. The van der Waals surface area contributed by atoms with Gasteiger partial charge in [-0.15, -0.1) is 0 Å². The maximum atomic E-state index is 5.88. The van der Waals surface area contributed by atoms with Gasteiger partial charge in [-0.05, 0) is 55.0 Å². The Kier molecular flexibility index (Phi) is 6.71. The lowest BCUT2D eigenvalue weighted by atomic mass is 10.0. The molecule has 0 aromatic heterocycles. The van der Waals surface area contributed by atoms with E-state index in [0.29, 0.717) is 12.7 Å². The van der Waals surface area contributed by atoms with Gasteiger partial charge in [-0.1, -0.05) is 30.3 Å². The van der Waals surface area contributed by atoms with Gasteiger partial charge >= 0.3 is 0 Å². The Hall–Kier alpha value is -2.04. The summed E-state index contributed by atoms with van der Waals surface area (Å²) in [4.78, 5) is 0. The number of unbranched alkanes of at least 4 members (excludes halogenated alkanes) is 1. The number of hydrogen-bond donors (Lipinski definition) is 0. The lowest BCUT2D eigenvalue weighted by Crippen LogP contribution is -2.05. The predicted molar refractivity (Wildman–Crippen MR) is 97.3 cm³/mol. The Bertz CT molecular complexity index is 652. The van der Waals surface area contributed by atoms with Crippen molar-refractivity contribution in [2.24, 2.45) is 0 Å². The van der Waals surface area contributed by atoms with Crippen LogP contribution >= 0.6 is 0 Å². The molecule has 1 aliphatic rings. The molecule has 1 saturated heterocycles. The smallest absolute Gasteiger partial charge is 0.188 e. The molecule has 1 unspecified atom stereocenters. The quantitative estimate of drug-likeness (QED) is 0.351. The largest absolute Gasteiger partial charge is 0.491 e. The van der Waals surface area contributed by atoms with E-state index in [4.69, 9.17) is 18.9 Å². The van der Waals surface area contributed by atoms with Crippen molar-refractivity contribution in [3.05, 3.63) is 59.7 Å². The lowest BCUT2D eigenvalue weighted by Gasteiger charge is -2.11. The first kappa shape index (κ1) is 17.8. The first-order chi connectivity index (χ1) is 12.3. The molecule has 25 heavy (non-hydrogen) atoms. The van der Waals surface area contributed by atoms with Gasteiger partial charge in [0.25, 0.3) is 0 Å². The van der Waals surface area contributed by atoms with Gasteiger partial charge in [-0.3, -0.25) is 0 Å². The molecule has 0 spiro atoms. The van der Waals surface area contributed by atoms with E-state index >= 15 is 0 Å². The first-order valence-electron chi connectivity index (χ1n) is 8.88. The fourth-order valence-electron chi connectivity index (χ4n) is 2.76. The van der Waals surface area contributed by atoms with Gasteiger partial charge in [0.05, 0.1) is 6.61 Å². The highest BCUT2D eigenvalue weighted by atomic mass is 16.7. The predicted octanol–water partition coefficient (Wildman–Crippen LogP) is 4.01. The van der Waals surface area contributed by atoms with E-state index in [1.807, 2.05) is 24.3 Å². The van der Waals surface area contributed by atoms with Gasteiger partial charge in [-0.2, -0.15) is 0 Å². The van der Waals surface area contributed by atoms with Crippen molar-refractivity contribution >= 4 is 0 Å². The highest BCUT2D eigenvalue weighted by Gasteiger charge is 2.23. The van der Waals surface area contributed by atoms with Crippen LogP contribution in [0.3, 0.4) is 0 Å². The van der Waals surface area contributed by atoms with Crippen LogP contribution in [-0.2, 0) is 22.3 Å². The van der Waals surface area contributed by atoms with E-state index in [-0.39, 0.29) is 6.79 Å². The van der Waals surface area contributed by atoms with Crippen molar-refractivity contribution < 1.29 is 18.9 Å². The van der Waals surface area contributed by atoms with Crippen LogP contribution in [0.2, 0.25) is 0 Å². The van der Waals surface area contributed by atoms with Crippen LogP contribution in [0.4, 0.5) is 0 Å². The zero-order valence-electron chi connectivity index (χ0n) is 14.8. The molecule has 3 rings (SSSR count). The summed E-state index contributed by atoms with van der Waals surface area (Å²) in [5.74, 6) is 1.85. The van der Waals surface area contributed by atoms with E-state index in [9.17, 15) is 0 Å². The van der Waals surface area contributed by atoms with E-state index in [2.05, 4.69) is 24.3 Å². The van der Waals surface area contributed by atoms with Crippen LogP contribution < -0.4 is 9.47 Å². The Labute approximate surface area is 149 Å². The van der Waals surface area contributed by atoms with Crippen LogP contribution in [0.25, 0.3) is 0 Å². The molecule has 134 valence electrons. The van der Waals surface area contributed by atoms with Crippen LogP contribution in [0.15, 0.2) is 48.5 Å². The number of aryl methyl sites for hydroxylation is 2. The molecule has 0 saturated carbocycles. The highest BCUT2D eigenvalue weighted by Crippen LogP contribution is 2.22. The number of methoxy groups -OCH3 is 1. The van der Waals surface area contributed by atoms with Gasteiger partial charge in [0, 0.05) is 7.11 Å². The second kappa shape index (κ2) is 9.44. The van der Waals surface area contributed by atoms with Crippen molar-refractivity contribution in [3.63, 3.8) is 0 Å². The van der Waals surface area contributed by atoms with Crippen molar-refractivity contribution in [2.45, 2.75) is 31.8 Å². The number of ether oxygens (including phenoxy) is 4. The van der Waals surface area contributed by atoms with Crippen LogP contribution in [0, 0.1) is 0 Å². The molecule has 1 aliphatic heterocycles. The van der Waals surface area contributed by atoms with Crippen molar-refractivity contribution in [1.82, 2.24) is 0 Å². The lowest BCUT2D eigenvalue weighted by molar-refractivity contribution is 0.0511. The molecule has 0 N–H and O–H groups in total. The number of epoxide rings is 1. The van der Waals surface area contributed by atoms with Crippen molar-refractivity contribution in [1.29, 1.82) is 0 Å². The fourth-order valence-corrected chi connectivity index (χ4v) is 2.76. The van der Waals surface area contributed by atoms with Gasteiger partial charge in [-0.25, -0.2) is 0 Å². The zero-order valence-corrected chi connectivity index (χ0v) is 14.8. The Morgan fingerprint density at radius 2 is 1.84 bits per heavy atom. The molecule has 1 heterocycles. The monoisotopic (exact) mass is 342 g/mol. The third-order valence-electron chi connectivity index (χ3n) is 4.20. The average molecular weight is 342 g/mol. The standard InChI is InChI=1S/C21H26O4/c1-22-16-25-19-11-6-8-17(13-19)7-2-3-9-18-10-4-5-12-21(18)24-15-20-14-23-20/h4-6,8,10-13,20H,2-3,7,9,14-16H2,1H3. The molecule has 0 amide bonds. The van der Waals surface area contributed by atoms with E-state index in [1.54, 1.807) is 7.11 Å². The zero-order chi connectivity index (χ0) is 17.3. The Balaban J connectivity index is 1.43. The van der Waals surface area contributed by atoms with E-state index < -0.39 is 0 Å². The highest BCUT2D eigenvalue weighted by molar-refractivity contribution is 5.33. The molecule has 1 fully saturated rings. The molecule has 4 heteroatoms.